The van der Waals surface area contributed by atoms with Crippen LogP contribution >= 0.6 is 15.9 Å². The van der Waals surface area contributed by atoms with Crippen LogP contribution in [0.5, 0.6) is 5.75 Å². The molecule has 18 heavy (non-hydrogen) atoms. The highest BCUT2D eigenvalue weighted by Crippen LogP contribution is 2.30. The smallest absolute Gasteiger partial charge is 0.136 e. The van der Waals surface area contributed by atoms with E-state index in [4.69, 9.17) is 10.5 Å². The molecule has 0 aliphatic rings. The Morgan fingerprint density at radius 2 is 1.94 bits per heavy atom. The van der Waals surface area contributed by atoms with Gasteiger partial charge in [-0.3, -0.25) is 0 Å². The average Bonchev–Trinajstić information content (AvgIpc) is 2.33. The van der Waals surface area contributed by atoms with E-state index < -0.39 is 11.6 Å². The summed E-state index contributed by atoms with van der Waals surface area (Å²) in [6, 6.07) is 8.53. The number of anilines is 1. The van der Waals surface area contributed by atoms with E-state index in [1.807, 2.05) is 0 Å². The summed E-state index contributed by atoms with van der Waals surface area (Å²) in [5.41, 5.74) is 6.51. The van der Waals surface area contributed by atoms with Gasteiger partial charge in [-0.1, -0.05) is 6.07 Å². The molecule has 0 aliphatic heterocycles. The van der Waals surface area contributed by atoms with Crippen LogP contribution in [0.3, 0.4) is 0 Å². The van der Waals surface area contributed by atoms with E-state index in [-0.39, 0.29) is 12.2 Å². The van der Waals surface area contributed by atoms with Gasteiger partial charge in [0.1, 0.15) is 24.0 Å². The van der Waals surface area contributed by atoms with Crippen LogP contribution < -0.4 is 10.5 Å². The van der Waals surface area contributed by atoms with E-state index in [1.54, 1.807) is 18.2 Å². The normalized spacial score (nSPS) is 10.4. The van der Waals surface area contributed by atoms with Gasteiger partial charge in [-0.05, 0) is 40.2 Å². The van der Waals surface area contributed by atoms with E-state index in [1.165, 1.54) is 12.1 Å². The fraction of sp³-hybridized carbons (Fsp3) is 0.0769. The third-order valence-electron chi connectivity index (χ3n) is 2.39. The second-order valence-electron chi connectivity index (χ2n) is 3.68. The summed E-state index contributed by atoms with van der Waals surface area (Å²) in [7, 11) is 0. The zero-order valence-corrected chi connectivity index (χ0v) is 10.9. The van der Waals surface area contributed by atoms with Crippen molar-refractivity contribution in [1.82, 2.24) is 0 Å². The number of hydrogen-bond donors (Lipinski definition) is 1. The van der Waals surface area contributed by atoms with E-state index in [0.29, 0.717) is 15.9 Å². The molecule has 0 radical (unpaired) electrons. The fourth-order valence-corrected chi connectivity index (χ4v) is 1.81. The Kier molecular flexibility index (Phi) is 3.81. The molecule has 0 saturated carbocycles. The van der Waals surface area contributed by atoms with Crippen molar-refractivity contribution >= 4 is 21.6 Å². The summed E-state index contributed by atoms with van der Waals surface area (Å²) in [4.78, 5) is 0. The number of rotatable bonds is 3. The molecule has 0 saturated heterocycles. The molecule has 0 aromatic heterocycles. The van der Waals surface area contributed by atoms with Crippen LogP contribution in [0.25, 0.3) is 0 Å². The topological polar surface area (TPSA) is 35.2 Å². The SMILES string of the molecule is Nc1cccc(OCc2ccc(F)cc2F)c1Br. The molecule has 0 spiro atoms. The monoisotopic (exact) mass is 313 g/mol. The molecule has 0 aliphatic carbocycles. The summed E-state index contributed by atoms with van der Waals surface area (Å²) in [5, 5.41) is 0. The molecule has 0 atom stereocenters. The maximum absolute atomic E-state index is 13.4. The van der Waals surface area contributed by atoms with E-state index in [2.05, 4.69) is 15.9 Å². The number of nitrogen functional groups attached to an aromatic ring is 1. The van der Waals surface area contributed by atoms with Crippen molar-refractivity contribution in [1.29, 1.82) is 0 Å². The van der Waals surface area contributed by atoms with Gasteiger partial charge in [-0.15, -0.1) is 0 Å². The Labute approximate surface area is 112 Å². The molecular weight excluding hydrogens is 304 g/mol. The third kappa shape index (κ3) is 2.79. The van der Waals surface area contributed by atoms with Crippen LogP contribution in [-0.4, -0.2) is 0 Å². The first-order valence-electron chi connectivity index (χ1n) is 5.18. The minimum absolute atomic E-state index is 0.00810. The van der Waals surface area contributed by atoms with Crippen LogP contribution in [-0.2, 0) is 6.61 Å². The summed E-state index contributed by atoms with van der Waals surface area (Å²) in [6.07, 6.45) is 0. The third-order valence-corrected chi connectivity index (χ3v) is 3.24. The summed E-state index contributed by atoms with van der Waals surface area (Å²) in [5.74, 6) is -0.727. The number of benzene rings is 2. The standard InChI is InChI=1S/C13H10BrF2NO/c14-13-11(17)2-1-3-12(13)18-7-8-4-5-9(15)6-10(8)16/h1-6H,7,17H2. The van der Waals surface area contributed by atoms with E-state index >= 15 is 0 Å². The molecule has 0 bridgehead atoms. The maximum atomic E-state index is 13.4. The summed E-state index contributed by atoms with van der Waals surface area (Å²) >= 11 is 3.28. The molecule has 0 amide bonds. The molecule has 2 N–H and O–H groups in total. The molecule has 2 nitrogen and oxygen atoms in total. The Hall–Kier alpha value is -1.62. The van der Waals surface area contributed by atoms with Gasteiger partial charge in [-0.25, -0.2) is 8.78 Å². The van der Waals surface area contributed by atoms with Crippen LogP contribution in [0.4, 0.5) is 14.5 Å². The lowest BCUT2D eigenvalue weighted by molar-refractivity contribution is 0.298. The van der Waals surface area contributed by atoms with Gasteiger partial charge in [0.05, 0.1) is 4.47 Å². The van der Waals surface area contributed by atoms with Gasteiger partial charge in [0.25, 0.3) is 0 Å². The summed E-state index contributed by atoms with van der Waals surface area (Å²) < 4.78 is 32.2. The second kappa shape index (κ2) is 5.35. The molecule has 0 fully saturated rings. The lowest BCUT2D eigenvalue weighted by Gasteiger charge is -2.10. The van der Waals surface area contributed by atoms with Crippen LogP contribution in [0.15, 0.2) is 40.9 Å². The van der Waals surface area contributed by atoms with E-state index in [0.717, 1.165) is 6.07 Å². The zero-order chi connectivity index (χ0) is 13.1. The molecule has 94 valence electrons. The molecule has 2 aromatic rings. The van der Waals surface area contributed by atoms with Crippen molar-refractivity contribution in [2.24, 2.45) is 0 Å². The second-order valence-corrected chi connectivity index (χ2v) is 4.48. The zero-order valence-electron chi connectivity index (χ0n) is 9.29. The van der Waals surface area contributed by atoms with Gasteiger partial charge < -0.3 is 10.5 Å². The quantitative estimate of drug-likeness (QED) is 0.873. The predicted octanol–water partition coefficient (Wildman–Crippen LogP) is 3.89. The van der Waals surface area contributed by atoms with Crippen LogP contribution in [0.2, 0.25) is 0 Å². The minimum Gasteiger partial charge on any atom is -0.488 e. The molecule has 2 rings (SSSR count). The highest BCUT2D eigenvalue weighted by molar-refractivity contribution is 9.10. The molecule has 2 aromatic carbocycles. The fourth-order valence-electron chi connectivity index (χ4n) is 1.43. The summed E-state index contributed by atoms with van der Waals surface area (Å²) in [6.45, 7) is 0.00810. The van der Waals surface area contributed by atoms with E-state index in [9.17, 15) is 8.78 Å². The van der Waals surface area contributed by atoms with Gasteiger partial charge in [0, 0.05) is 17.3 Å². The number of nitrogens with two attached hydrogens (primary N) is 1. The number of ether oxygens (including phenoxy) is 1. The van der Waals surface area contributed by atoms with Gasteiger partial charge in [0.2, 0.25) is 0 Å². The minimum atomic E-state index is -0.630. The van der Waals surface area contributed by atoms with Gasteiger partial charge in [0.15, 0.2) is 0 Å². The predicted molar refractivity (Wildman–Crippen MR) is 69.2 cm³/mol. The first kappa shape index (κ1) is 12.8. The lowest BCUT2D eigenvalue weighted by atomic mass is 10.2. The van der Waals surface area contributed by atoms with Crippen molar-refractivity contribution in [3.8, 4) is 5.75 Å². The molecule has 0 unspecified atom stereocenters. The Balaban J connectivity index is 2.14. The van der Waals surface area contributed by atoms with Crippen molar-refractivity contribution < 1.29 is 13.5 Å². The average molecular weight is 314 g/mol. The first-order chi connectivity index (χ1) is 8.58. The maximum Gasteiger partial charge on any atom is 0.136 e. The Morgan fingerprint density at radius 1 is 1.17 bits per heavy atom. The lowest BCUT2D eigenvalue weighted by Crippen LogP contribution is -2.00. The first-order valence-corrected chi connectivity index (χ1v) is 5.98. The van der Waals surface area contributed by atoms with Gasteiger partial charge >= 0.3 is 0 Å². The molecular formula is C13H10BrF2NO. The van der Waals surface area contributed by atoms with Crippen molar-refractivity contribution in [2.75, 3.05) is 5.73 Å². The number of hydrogen-bond acceptors (Lipinski definition) is 2. The number of halogens is 3. The van der Waals surface area contributed by atoms with Crippen LogP contribution in [0.1, 0.15) is 5.56 Å². The highest BCUT2D eigenvalue weighted by atomic mass is 79.9. The molecule has 5 heteroatoms. The Morgan fingerprint density at radius 3 is 2.67 bits per heavy atom. The van der Waals surface area contributed by atoms with Crippen molar-refractivity contribution in [3.63, 3.8) is 0 Å². The Bertz CT molecular complexity index is 575. The highest BCUT2D eigenvalue weighted by Gasteiger charge is 2.07. The molecule has 0 heterocycles. The van der Waals surface area contributed by atoms with Crippen molar-refractivity contribution in [3.05, 3.63) is 58.1 Å². The van der Waals surface area contributed by atoms with Gasteiger partial charge in [-0.2, -0.15) is 0 Å². The largest absolute Gasteiger partial charge is 0.488 e. The van der Waals surface area contributed by atoms with Crippen molar-refractivity contribution in [2.45, 2.75) is 6.61 Å². The van der Waals surface area contributed by atoms with Crippen LogP contribution in [0, 0.1) is 11.6 Å².